The lowest BCUT2D eigenvalue weighted by Gasteiger charge is -2.05. The van der Waals surface area contributed by atoms with Gasteiger partial charge in [0.05, 0.1) is 11.8 Å². The highest BCUT2D eigenvalue weighted by atomic mass is 79.9. The molecule has 3 aromatic rings. The predicted octanol–water partition coefficient (Wildman–Crippen LogP) is 4.96. The number of halogens is 1. The maximum atomic E-state index is 13.1. The molecule has 2 N–H and O–H groups in total. The number of aromatic nitrogens is 1. The van der Waals surface area contributed by atoms with E-state index in [0.29, 0.717) is 35.0 Å². The highest BCUT2D eigenvalue weighted by molar-refractivity contribution is 9.10. The number of carbonyl (C=O) groups is 2. The smallest absolute Gasteiger partial charge is 0.267 e. The average molecular weight is 429 g/mol. The first-order chi connectivity index (χ1) is 12.9. The van der Waals surface area contributed by atoms with E-state index in [1.165, 1.54) is 0 Å². The van der Waals surface area contributed by atoms with E-state index in [4.69, 9.17) is 4.42 Å². The number of carbonyl (C=O) groups excluding carboxylic acids is 2. The zero-order chi connectivity index (χ0) is 19.6. The van der Waals surface area contributed by atoms with Gasteiger partial charge in [0.2, 0.25) is 0 Å². The summed E-state index contributed by atoms with van der Waals surface area (Å²) < 4.78 is 6.48. The van der Waals surface area contributed by atoms with Crippen molar-refractivity contribution in [1.82, 2.24) is 10.3 Å². The molecule has 0 saturated heterocycles. The first-order valence-corrected chi connectivity index (χ1v) is 9.51. The van der Waals surface area contributed by atoms with Crippen molar-refractivity contribution in [2.45, 2.75) is 20.8 Å². The number of H-pyrrole nitrogens is 1. The van der Waals surface area contributed by atoms with Crippen LogP contribution in [0.5, 0.6) is 0 Å². The molecule has 0 spiro atoms. The molecule has 0 aliphatic carbocycles. The summed E-state index contributed by atoms with van der Waals surface area (Å²) in [6.45, 7) is 6.39. The lowest BCUT2D eigenvalue weighted by Crippen LogP contribution is -2.27. The van der Waals surface area contributed by atoms with Gasteiger partial charge in [-0.15, -0.1) is 0 Å². The Labute approximate surface area is 166 Å². The molecule has 6 heteroatoms. The largest absolute Gasteiger partial charge is 0.468 e. The van der Waals surface area contributed by atoms with E-state index < -0.39 is 0 Å². The van der Waals surface area contributed by atoms with E-state index in [2.05, 4.69) is 26.2 Å². The van der Waals surface area contributed by atoms with E-state index in [-0.39, 0.29) is 11.7 Å². The number of aromatic amines is 1. The zero-order valence-electron chi connectivity index (χ0n) is 15.4. The molecule has 3 rings (SSSR count). The van der Waals surface area contributed by atoms with Gasteiger partial charge in [-0.05, 0) is 36.6 Å². The molecular formula is C21H21BrN2O3. The second-order valence-corrected chi connectivity index (χ2v) is 7.74. The third kappa shape index (κ3) is 4.22. The molecule has 2 aromatic heterocycles. The third-order valence-electron chi connectivity index (χ3n) is 4.22. The van der Waals surface area contributed by atoms with Crippen LogP contribution in [0.15, 0.2) is 51.7 Å². The number of amides is 1. The second-order valence-electron chi connectivity index (χ2n) is 6.82. The zero-order valence-corrected chi connectivity index (χ0v) is 17.0. The van der Waals surface area contributed by atoms with Gasteiger partial charge in [0.15, 0.2) is 5.78 Å². The van der Waals surface area contributed by atoms with Crippen LogP contribution >= 0.6 is 15.9 Å². The van der Waals surface area contributed by atoms with Crippen molar-refractivity contribution >= 4 is 27.6 Å². The molecule has 1 amide bonds. The number of aryl methyl sites for hydroxylation is 1. The Morgan fingerprint density at radius 3 is 2.59 bits per heavy atom. The van der Waals surface area contributed by atoms with Gasteiger partial charge >= 0.3 is 0 Å². The van der Waals surface area contributed by atoms with Crippen molar-refractivity contribution in [1.29, 1.82) is 0 Å². The summed E-state index contributed by atoms with van der Waals surface area (Å²) in [4.78, 5) is 28.1. The number of benzene rings is 1. The number of hydrogen-bond acceptors (Lipinski definition) is 3. The molecule has 0 aliphatic heterocycles. The fourth-order valence-electron chi connectivity index (χ4n) is 2.77. The van der Waals surface area contributed by atoms with Gasteiger partial charge in [-0.3, -0.25) is 9.59 Å². The summed E-state index contributed by atoms with van der Waals surface area (Å²) in [5, 5.41) is 2.83. The highest BCUT2D eigenvalue weighted by Crippen LogP contribution is 2.31. The van der Waals surface area contributed by atoms with Crippen molar-refractivity contribution in [3.63, 3.8) is 0 Å². The van der Waals surface area contributed by atoms with Crippen LogP contribution in [-0.4, -0.2) is 23.2 Å². The van der Waals surface area contributed by atoms with Crippen molar-refractivity contribution < 1.29 is 14.0 Å². The molecule has 0 saturated carbocycles. The Hall–Kier alpha value is -2.60. The van der Waals surface area contributed by atoms with E-state index in [1.807, 2.05) is 38.1 Å². The molecule has 2 heterocycles. The molecule has 0 bridgehead atoms. The van der Waals surface area contributed by atoms with E-state index in [1.54, 1.807) is 25.5 Å². The highest BCUT2D eigenvalue weighted by Gasteiger charge is 2.22. The lowest BCUT2D eigenvalue weighted by atomic mass is 9.97. The van der Waals surface area contributed by atoms with Crippen molar-refractivity contribution in [2.75, 3.05) is 6.54 Å². The maximum absolute atomic E-state index is 13.1. The van der Waals surface area contributed by atoms with E-state index >= 15 is 0 Å². The fourth-order valence-corrected chi connectivity index (χ4v) is 3.04. The predicted molar refractivity (Wildman–Crippen MR) is 108 cm³/mol. The third-order valence-corrected chi connectivity index (χ3v) is 4.75. The minimum Gasteiger partial charge on any atom is -0.468 e. The number of hydrogen-bond donors (Lipinski definition) is 2. The van der Waals surface area contributed by atoms with Gasteiger partial charge in [0, 0.05) is 28.3 Å². The van der Waals surface area contributed by atoms with E-state index in [0.717, 1.165) is 15.6 Å². The molecular weight excluding hydrogens is 408 g/mol. The van der Waals surface area contributed by atoms with Crippen LogP contribution < -0.4 is 5.32 Å². The summed E-state index contributed by atoms with van der Waals surface area (Å²) in [7, 11) is 0. The topological polar surface area (TPSA) is 75.1 Å². The second kappa shape index (κ2) is 7.96. The van der Waals surface area contributed by atoms with Gasteiger partial charge in [0.1, 0.15) is 11.5 Å². The maximum Gasteiger partial charge on any atom is 0.267 e. The van der Waals surface area contributed by atoms with Gasteiger partial charge in [-0.25, -0.2) is 0 Å². The molecule has 27 heavy (non-hydrogen) atoms. The minimum atomic E-state index is -0.222. The minimum absolute atomic E-state index is 0.182. The normalized spacial score (nSPS) is 11.0. The SMILES string of the molecule is Cc1occ(-c2ccc(Br)cc2)c1C(=O)c1c[nH]c(C(=O)NCC(C)C)c1. The Kier molecular flexibility index (Phi) is 5.65. The van der Waals surface area contributed by atoms with Crippen molar-refractivity contribution in [3.05, 3.63) is 69.8 Å². The molecule has 1 aromatic carbocycles. The summed E-state index contributed by atoms with van der Waals surface area (Å²) >= 11 is 3.41. The first-order valence-electron chi connectivity index (χ1n) is 8.72. The lowest BCUT2D eigenvalue weighted by molar-refractivity contribution is 0.0944. The Morgan fingerprint density at radius 2 is 1.93 bits per heavy atom. The van der Waals surface area contributed by atoms with Gasteiger partial charge in [-0.2, -0.15) is 0 Å². The average Bonchev–Trinajstić information content (AvgIpc) is 3.27. The van der Waals surface area contributed by atoms with Crippen molar-refractivity contribution in [3.8, 4) is 11.1 Å². The van der Waals surface area contributed by atoms with Gasteiger partial charge in [-0.1, -0.05) is 41.9 Å². The molecule has 0 radical (unpaired) electrons. The molecule has 0 aliphatic rings. The monoisotopic (exact) mass is 428 g/mol. The fraction of sp³-hybridized carbons (Fsp3) is 0.238. The standard InChI is InChI=1S/C21H21BrN2O3/c1-12(2)9-24-21(26)18-8-15(10-23-18)20(25)19-13(3)27-11-17(19)14-4-6-16(22)7-5-14/h4-8,10-12,23H,9H2,1-3H3,(H,24,26). The van der Waals surface area contributed by atoms with Crippen LogP contribution in [0.1, 0.15) is 46.0 Å². The number of furan rings is 1. The Morgan fingerprint density at radius 1 is 1.22 bits per heavy atom. The van der Waals surface area contributed by atoms with Crippen LogP contribution in [-0.2, 0) is 0 Å². The van der Waals surface area contributed by atoms with Crippen LogP contribution in [0.25, 0.3) is 11.1 Å². The van der Waals surface area contributed by atoms with Gasteiger partial charge < -0.3 is 14.7 Å². The number of rotatable bonds is 6. The number of ketones is 1. The Bertz CT molecular complexity index is 968. The quantitative estimate of drug-likeness (QED) is 0.544. The molecule has 0 unspecified atom stereocenters. The van der Waals surface area contributed by atoms with Crippen LogP contribution in [0.4, 0.5) is 0 Å². The first kappa shape index (κ1) is 19.2. The summed E-state index contributed by atoms with van der Waals surface area (Å²) in [6.07, 6.45) is 3.15. The van der Waals surface area contributed by atoms with Gasteiger partial charge in [0.25, 0.3) is 5.91 Å². The number of nitrogens with one attached hydrogen (secondary N) is 2. The van der Waals surface area contributed by atoms with Crippen LogP contribution in [0.3, 0.4) is 0 Å². The Balaban J connectivity index is 1.88. The molecule has 140 valence electrons. The van der Waals surface area contributed by atoms with Crippen LogP contribution in [0.2, 0.25) is 0 Å². The van der Waals surface area contributed by atoms with E-state index in [9.17, 15) is 9.59 Å². The summed E-state index contributed by atoms with van der Waals surface area (Å²) in [6, 6.07) is 9.26. The van der Waals surface area contributed by atoms with Crippen molar-refractivity contribution in [2.24, 2.45) is 5.92 Å². The molecule has 5 nitrogen and oxygen atoms in total. The summed E-state index contributed by atoms with van der Waals surface area (Å²) in [5.41, 5.74) is 2.92. The summed E-state index contributed by atoms with van der Waals surface area (Å²) in [5.74, 6) is 0.495. The molecule has 0 atom stereocenters. The molecule has 0 fully saturated rings. The van der Waals surface area contributed by atoms with Crippen LogP contribution in [0, 0.1) is 12.8 Å².